The number of aliphatic carboxylic acids is 1. The first-order chi connectivity index (χ1) is 18.5. The first-order valence-corrected chi connectivity index (χ1v) is 12.3. The van der Waals surface area contributed by atoms with Crippen LogP contribution in [0.4, 0.5) is 0 Å². The largest absolute Gasteiger partial charge is 0.478 e. The van der Waals surface area contributed by atoms with Crippen LogP contribution in [0.2, 0.25) is 0 Å². The van der Waals surface area contributed by atoms with Crippen molar-refractivity contribution in [1.29, 1.82) is 0 Å². The smallest absolute Gasteiger partial charge is 0.348 e. The van der Waals surface area contributed by atoms with E-state index in [2.05, 4.69) is 9.97 Å². The van der Waals surface area contributed by atoms with E-state index < -0.39 is 17.7 Å². The van der Waals surface area contributed by atoms with Crippen molar-refractivity contribution in [3.63, 3.8) is 0 Å². The van der Waals surface area contributed by atoms with E-state index in [1.54, 1.807) is 19.9 Å². The van der Waals surface area contributed by atoms with E-state index in [0.717, 1.165) is 5.56 Å². The third-order valence-corrected chi connectivity index (χ3v) is 6.34. The van der Waals surface area contributed by atoms with Crippen LogP contribution in [0.3, 0.4) is 0 Å². The summed E-state index contributed by atoms with van der Waals surface area (Å²) in [5.41, 5.74) is 2.07. The van der Waals surface area contributed by atoms with Crippen molar-refractivity contribution in [3.05, 3.63) is 113 Å². The molecule has 4 aromatic rings. The zero-order valence-corrected chi connectivity index (χ0v) is 21.2. The van der Waals surface area contributed by atoms with Crippen LogP contribution in [0.15, 0.2) is 84.9 Å². The number of aryl methyl sites for hydroxylation is 2. The van der Waals surface area contributed by atoms with Crippen LogP contribution in [0.25, 0.3) is 0 Å². The third-order valence-electron chi connectivity index (χ3n) is 6.34. The van der Waals surface area contributed by atoms with E-state index in [-0.39, 0.29) is 19.4 Å². The van der Waals surface area contributed by atoms with Gasteiger partial charge in [0.15, 0.2) is 17.1 Å². The van der Waals surface area contributed by atoms with Gasteiger partial charge in [0, 0.05) is 11.4 Å². The number of nitrogens with zero attached hydrogens (tertiary/aromatic N) is 2. The average Bonchev–Trinajstić information content (AvgIpc) is 3.39. The molecule has 8 heteroatoms. The van der Waals surface area contributed by atoms with E-state index in [1.807, 2.05) is 78.9 Å². The SMILES string of the molecule is Cc1cc(C)nc(OC(C(=O)O)C(OCCc2ccc3c(c2)OCO3)(c2ccccc2)c2ccccc2)n1. The Labute approximate surface area is 220 Å². The Balaban J connectivity index is 1.57. The normalized spacial score (nSPS) is 13.2. The predicted octanol–water partition coefficient (Wildman–Crippen LogP) is 4.86. The molecule has 194 valence electrons. The van der Waals surface area contributed by atoms with Gasteiger partial charge in [-0.05, 0) is 55.2 Å². The summed E-state index contributed by atoms with van der Waals surface area (Å²) >= 11 is 0. The van der Waals surface area contributed by atoms with E-state index in [4.69, 9.17) is 18.9 Å². The van der Waals surface area contributed by atoms with Gasteiger partial charge in [-0.25, -0.2) is 14.8 Å². The highest BCUT2D eigenvalue weighted by Gasteiger charge is 2.50. The van der Waals surface area contributed by atoms with Gasteiger partial charge in [-0.2, -0.15) is 0 Å². The lowest BCUT2D eigenvalue weighted by Gasteiger charge is -2.39. The van der Waals surface area contributed by atoms with Crippen molar-refractivity contribution in [3.8, 4) is 17.5 Å². The molecule has 0 radical (unpaired) electrons. The molecule has 38 heavy (non-hydrogen) atoms. The molecule has 0 aliphatic carbocycles. The highest BCUT2D eigenvalue weighted by Crippen LogP contribution is 2.40. The first kappa shape index (κ1) is 25.2. The van der Waals surface area contributed by atoms with Gasteiger partial charge in [-0.1, -0.05) is 66.7 Å². The van der Waals surface area contributed by atoms with Crippen molar-refractivity contribution in [2.24, 2.45) is 0 Å². The van der Waals surface area contributed by atoms with Crippen LogP contribution in [-0.2, 0) is 21.6 Å². The number of carboxylic acid groups (broad SMARTS) is 1. The summed E-state index contributed by atoms with van der Waals surface area (Å²) in [5.74, 6) is 0.174. The van der Waals surface area contributed by atoms with E-state index in [9.17, 15) is 9.90 Å². The van der Waals surface area contributed by atoms with Gasteiger partial charge in [0.1, 0.15) is 0 Å². The number of hydrogen-bond acceptors (Lipinski definition) is 7. The molecule has 0 spiro atoms. The molecular weight excluding hydrogens is 484 g/mol. The van der Waals surface area contributed by atoms with Crippen LogP contribution in [0, 0.1) is 13.8 Å². The Morgan fingerprint density at radius 1 is 0.895 bits per heavy atom. The van der Waals surface area contributed by atoms with Crippen molar-refractivity contribution >= 4 is 5.97 Å². The Morgan fingerprint density at radius 2 is 1.50 bits per heavy atom. The molecule has 0 amide bonds. The van der Waals surface area contributed by atoms with Crippen molar-refractivity contribution < 1.29 is 28.8 Å². The quantitative estimate of drug-likeness (QED) is 0.322. The number of fused-ring (bicyclic) bond motifs is 1. The molecule has 1 aromatic heterocycles. The minimum Gasteiger partial charge on any atom is -0.478 e. The molecule has 2 heterocycles. The second kappa shape index (κ2) is 10.9. The Morgan fingerprint density at radius 3 is 2.11 bits per heavy atom. The molecule has 0 bridgehead atoms. The van der Waals surface area contributed by atoms with Gasteiger partial charge in [0.2, 0.25) is 12.9 Å². The number of carbonyl (C=O) groups is 1. The zero-order chi connectivity index (χ0) is 26.5. The minimum atomic E-state index is -1.51. The molecule has 0 saturated heterocycles. The van der Waals surface area contributed by atoms with E-state index in [1.165, 1.54) is 0 Å². The molecule has 5 rings (SSSR count). The molecular formula is C30H28N2O6. The fourth-order valence-electron chi connectivity index (χ4n) is 4.67. The molecule has 1 unspecified atom stereocenters. The summed E-state index contributed by atoms with van der Waals surface area (Å²) in [6, 6.07) is 26.0. The summed E-state index contributed by atoms with van der Waals surface area (Å²) in [5, 5.41) is 10.6. The number of benzene rings is 3. The lowest BCUT2D eigenvalue weighted by Crippen LogP contribution is -2.51. The van der Waals surface area contributed by atoms with Gasteiger partial charge in [0.25, 0.3) is 0 Å². The fraction of sp³-hybridized carbons (Fsp3) is 0.233. The summed E-state index contributed by atoms with van der Waals surface area (Å²) in [4.78, 5) is 21.6. The minimum absolute atomic E-state index is 0.0227. The number of carboxylic acids is 1. The number of rotatable bonds is 10. The van der Waals surface area contributed by atoms with Crippen LogP contribution in [-0.4, -0.2) is 40.5 Å². The van der Waals surface area contributed by atoms with Crippen molar-refractivity contribution in [1.82, 2.24) is 9.97 Å². The standard InChI is InChI=1S/C30H28N2O6/c1-20-17-21(2)32-29(31-20)38-27(28(33)34)30(23-9-5-3-6-10-23,24-11-7-4-8-12-24)37-16-15-22-13-14-25-26(18-22)36-19-35-25/h3-14,17-18,27H,15-16,19H2,1-2H3,(H,33,34). The molecule has 1 atom stereocenters. The number of ether oxygens (including phenoxy) is 4. The molecule has 0 fully saturated rings. The van der Waals surface area contributed by atoms with Gasteiger partial charge in [-0.3, -0.25) is 0 Å². The summed E-state index contributed by atoms with van der Waals surface area (Å²) < 4.78 is 23.7. The second-order valence-corrected chi connectivity index (χ2v) is 9.02. The van der Waals surface area contributed by atoms with E-state index in [0.29, 0.717) is 40.4 Å². The predicted molar refractivity (Wildman–Crippen MR) is 139 cm³/mol. The lowest BCUT2D eigenvalue weighted by molar-refractivity contribution is -0.164. The first-order valence-electron chi connectivity index (χ1n) is 12.3. The summed E-state index contributed by atoms with van der Waals surface area (Å²) in [6.45, 7) is 4.00. The molecule has 1 aliphatic heterocycles. The van der Waals surface area contributed by atoms with Gasteiger partial charge in [-0.15, -0.1) is 0 Å². The topological polar surface area (TPSA) is 100 Å². The highest BCUT2D eigenvalue weighted by atomic mass is 16.7. The molecule has 3 aromatic carbocycles. The van der Waals surface area contributed by atoms with Crippen molar-refractivity contribution in [2.75, 3.05) is 13.4 Å². The fourth-order valence-corrected chi connectivity index (χ4v) is 4.67. The molecule has 0 saturated carbocycles. The van der Waals surface area contributed by atoms with Crippen LogP contribution >= 0.6 is 0 Å². The summed E-state index contributed by atoms with van der Waals surface area (Å²) in [6.07, 6.45) is -0.991. The summed E-state index contributed by atoms with van der Waals surface area (Å²) in [7, 11) is 0. The van der Waals surface area contributed by atoms with Gasteiger partial charge in [0.05, 0.1) is 6.61 Å². The monoisotopic (exact) mass is 512 g/mol. The maximum absolute atomic E-state index is 12.9. The maximum atomic E-state index is 12.9. The third kappa shape index (κ3) is 5.17. The Bertz CT molecular complexity index is 1350. The zero-order valence-electron chi connectivity index (χ0n) is 21.2. The van der Waals surface area contributed by atoms with Crippen LogP contribution in [0.5, 0.6) is 17.5 Å². The van der Waals surface area contributed by atoms with Gasteiger partial charge < -0.3 is 24.1 Å². The number of hydrogen-bond donors (Lipinski definition) is 1. The number of aromatic nitrogens is 2. The molecule has 8 nitrogen and oxygen atoms in total. The maximum Gasteiger partial charge on any atom is 0.348 e. The van der Waals surface area contributed by atoms with Crippen LogP contribution in [0.1, 0.15) is 28.1 Å². The van der Waals surface area contributed by atoms with Crippen molar-refractivity contribution in [2.45, 2.75) is 32.0 Å². The highest BCUT2D eigenvalue weighted by molar-refractivity contribution is 5.76. The second-order valence-electron chi connectivity index (χ2n) is 9.02. The Hall–Kier alpha value is -4.43. The lowest BCUT2D eigenvalue weighted by atomic mass is 9.81. The van der Waals surface area contributed by atoms with E-state index >= 15 is 0 Å². The molecule has 1 N–H and O–H groups in total. The Kier molecular flexibility index (Phi) is 7.24. The molecule has 1 aliphatic rings. The average molecular weight is 513 g/mol. The van der Waals surface area contributed by atoms with Crippen LogP contribution < -0.4 is 14.2 Å². The van der Waals surface area contributed by atoms with Gasteiger partial charge >= 0.3 is 12.0 Å².